The van der Waals surface area contributed by atoms with E-state index in [0.717, 1.165) is 42.8 Å². The van der Waals surface area contributed by atoms with E-state index in [2.05, 4.69) is 36.4 Å². The Morgan fingerprint density at radius 2 is 2.15 bits per heavy atom. The molecule has 3 aromatic rings. The minimum atomic E-state index is 0.605. The van der Waals surface area contributed by atoms with E-state index in [1.54, 1.807) is 17.5 Å². The van der Waals surface area contributed by atoms with E-state index in [9.17, 15) is 0 Å². The Morgan fingerprint density at radius 1 is 1.15 bits per heavy atom. The molecular weight excluding hydrogens is 346 g/mol. The van der Waals surface area contributed by atoms with Gasteiger partial charge in [-0.2, -0.15) is 5.10 Å². The topological polar surface area (TPSA) is 61.2 Å². The molecule has 6 nitrogen and oxygen atoms in total. The predicted molar refractivity (Wildman–Crippen MR) is 101 cm³/mol. The molecule has 3 aliphatic rings. The van der Waals surface area contributed by atoms with E-state index in [4.69, 9.17) is 4.42 Å². The molecule has 3 aliphatic heterocycles. The number of furan rings is 1. The van der Waals surface area contributed by atoms with Gasteiger partial charge in [-0.05, 0) is 37.0 Å². The van der Waals surface area contributed by atoms with Gasteiger partial charge in [-0.15, -0.1) is 11.3 Å². The van der Waals surface area contributed by atoms with Crippen molar-refractivity contribution < 1.29 is 4.42 Å². The summed E-state index contributed by atoms with van der Waals surface area (Å²) in [6.07, 6.45) is 4.38. The number of fused-ring (bicyclic) bond motifs is 4. The minimum absolute atomic E-state index is 0.605. The number of H-pyrrole nitrogens is 1. The molecule has 136 valence electrons. The Kier molecular flexibility index (Phi) is 4.36. The van der Waals surface area contributed by atoms with Crippen LogP contribution in [0.5, 0.6) is 0 Å². The Morgan fingerprint density at radius 3 is 3.00 bits per heavy atom. The van der Waals surface area contributed by atoms with Crippen LogP contribution in [0.3, 0.4) is 0 Å². The highest BCUT2D eigenvalue weighted by Gasteiger charge is 2.35. The number of nitrogens with zero attached hydrogens (tertiary/aromatic N) is 4. The lowest BCUT2D eigenvalue weighted by molar-refractivity contribution is 0.114. The lowest BCUT2D eigenvalue weighted by Gasteiger charge is -2.35. The number of hydrogen-bond acceptors (Lipinski definition) is 6. The summed E-state index contributed by atoms with van der Waals surface area (Å²) in [5.41, 5.74) is 4.07. The Hall–Kier alpha value is -1.96. The summed E-state index contributed by atoms with van der Waals surface area (Å²) in [6, 6.07) is 6.68. The van der Waals surface area contributed by atoms with Crippen molar-refractivity contribution in [3.05, 3.63) is 46.7 Å². The normalized spacial score (nSPS) is 24.2. The molecule has 0 spiro atoms. The fourth-order valence-electron chi connectivity index (χ4n) is 4.34. The molecule has 2 atom stereocenters. The molecule has 0 radical (unpaired) electrons. The lowest BCUT2D eigenvalue weighted by atomic mass is 9.95. The van der Waals surface area contributed by atoms with Crippen molar-refractivity contribution in [3.8, 4) is 11.5 Å². The second kappa shape index (κ2) is 6.98. The van der Waals surface area contributed by atoms with Crippen molar-refractivity contribution in [3.63, 3.8) is 0 Å². The van der Waals surface area contributed by atoms with E-state index in [0.29, 0.717) is 6.04 Å². The highest BCUT2D eigenvalue weighted by Crippen LogP contribution is 2.31. The van der Waals surface area contributed by atoms with Gasteiger partial charge in [0, 0.05) is 43.8 Å². The van der Waals surface area contributed by atoms with Gasteiger partial charge in [-0.1, -0.05) is 0 Å². The van der Waals surface area contributed by atoms with Crippen LogP contribution < -0.4 is 0 Å². The van der Waals surface area contributed by atoms with Crippen molar-refractivity contribution >= 4 is 11.3 Å². The summed E-state index contributed by atoms with van der Waals surface area (Å²) < 4.78 is 6.06. The van der Waals surface area contributed by atoms with Crippen LogP contribution in [0.2, 0.25) is 0 Å². The summed E-state index contributed by atoms with van der Waals surface area (Å²) in [6.45, 7) is 5.34. The van der Waals surface area contributed by atoms with Gasteiger partial charge in [-0.25, -0.2) is 4.98 Å². The maximum Gasteiger partial charge on any atom is 0.152 e. The Balaban J connectivity index is 1.27. The molecule has 1 N–H and O–H groups in total. The molecule has 26 heavy (non-hydrogen) atoms. The van der Waals surface area contributed by atoms with Crippen LogP contribution in [-0.2, 0) is 13.1 Å². The monoisotopic (exact) mass is 369 g/mol. The van der Waals surface area contributed by atoms with E-state index in [1.165, 1.54) is 31.6 Å². The third-order valence-electron chi connectivity index (χ3n) is 5.56. The van der Waals surface area contributed by atoms with Gasteiger partial charge >= 0.3 is 0 Å². The minimum Gasteiger partial charge on any atom is -0.458 e. The molecule has 3 aromatic heterocycles. The van der Waals surface area contributed by atoms with Crippen LogP contribution in [0.25, 0.3) is 11.5 Å². The molecule has 0 aromatic carbocycles. The molecule has 0 unspecified atom stereocenters. The first-order valence-electron chi connectivity index (χ1n) is 9.25. The van der Waals surface area contributed by atoms with Crippen LogP contribution in [0.4, 0.5) is 0 Å². The van der Waals surface area contributed by atoms with Crippen LogP contribution in [0.15, 0.2) is 39.7 Å². The highest BCUT2D eigenvalue weighted by atomic mass is 32.1. The number of aromatic amines is 1. The Bertz CT molecular complexity index is 828. The van der Waals surface area contributed by atoms with E-state index in [-0.39, 0.29) is 0 Å². The number of piperidine rings is 1. The first-order chi connectivity index (χ1) is 12.8. The number of nitrogens with one attached hydrogen (secondary N) is 1. The van der Waals surface area contributed by atoms with Crippen molar-refractivity contribution in [1.29, 1.82) is 0 Å². The fourth-order valence-corrected chi connectivity index (χ4v) is 4.89. The lowest BCUT2D eigenvalue weighted by Crippen LogP contribution is -2.43. The van der Waals surface area contributed by atoms with Gasteiger partial charge in [-0.3, -0.25) is 14.9 Å². The van der Waals surface area contributed by atoms with Gasteiger partial charge < -0.3 is 4.42 Å². The second-order valence-corrected chi connectivity index (χ2v) is 8.16. The molecule has 3 fully saturated rings. The van der Waals surface area contributed by atoms with Gasteiger partial charge in [0.1, 0.15) is 11.5 Å². The third kappa shape index (κ3) is 3.34. The van der Waals surface area contributed by atoms with Crippen LogP contribution >= 0.6 is 11.3 Å². The number of rotatable bonds is 5. The highest BCUT2D eigenvalue weighted by molar-refractivity contribution is 7.07. The quantitative estimate of drug-likeness (QED) is 0.748. The van der Waals surface area contributed by atoms with Crippen molar-refractivity contribution in [2.24, 2.45) is 5.92 Å². The molecular formula is C19H23N5OS. The van der Waals surface area contributed by atoms with Crippen LogP contribution in [0.1, 0.15) is 24.3 Å². The largest absolute Gasteiger partial charge is 0.458 e. The molecule has 7 heteroatoms. The molecule has 6 rings (SSSR count). The zero-order valence-electron chi connectivity index (χ0n) is 14.7. The summed E-state index contributed by atoms with van der Waals surface area (Å²) in [7, 11) is 0. The molecule has 6 heterocycles. The standard InChI is InChI=1S/C19H23N5OS/c1-2-16-10-23(9-15-12-26-13-20-15)7-14(1)8-24(16)11-17-3-4-19(25-17)18-5-6-21-22-18/h3-6,12-14,16H,1-2,7-11H2,(H,21,22)/t14-,16+/m1/s1. The smallest absolute Gasteiger partial charge is 0.152 e. The number of aromatic nitrogens is 3. The van der Waals surface area contributed by atoms with Crippen molar-refractivity contribution in [1.82, 2.24) is 25.0 Å². The average molecular weight is 369 g/mol. The molecule has 0 saturated carbocycles. The average Bonchev–Trinajstić information content (AvgIpc) is 3.36. The SMILES string of the molecule is c1cc(-c2ccc(CN3C[C@@H]4CC[C@H]3CN(Cc3cscn3)C4)o2)[nH]n1. The van der Waals surface area contributed by atoms with Crippen LogP contribution in [0, 0.1) is 5.92 Å². The van der Waals surface area contributed by atoms with Gasteiger partial charge in [0.25, 0.3) is 0 Å². The van der Waals surface area contributed by atoms with E-state index >= 15 is 0 Å². The first kappa shape index (κ1) is 16.2. The van der Waals surface area contributed by atoms with Crippen molar-refractivity contribution in [2.75, 3.05) is 19.6 Å². The summed E-state index contributed by atoms with van der Waals surface area (Å²) >= 11 is 1.69. The van der Waals surface area contributed by atoms with Crippen LogP contribution in [-0.4, -0.2) is 50.7 Å². The maximum atomic E-state index is 6.06. The van der Waals surface area contributed by atoms with E-state index in [1.807, 2.05) is 17.6 Å². The number of hydrogen-bond donors (Lipinski definition) is 1. The third-order valence-corrected chi connectivity index (χ3v) is 6.19. The first-order valence-corrected chi connectivity index (χ1v) is 10.2. The molecule has 2 bridgehead atoms. The molecule has 0 amide bonds. The zero-order valence-corrected chi connectivity index (χ0v) is 15.5. The molecule has 0 aliphatic carbocycles. The second-order valence-electron chi connectivity index (χ2n) is 7.44. The van der Waals surface area contributed by atoms with Gasteiger partial charge in [0.2, 0.25) is 0 Å². The summed E-state index contributed by atoms with van der Waals surface area (Å²) in [5.74, 6) is 2.64. The maximum absolute atomic E-state index is 6.06. The van der Waals surface area contributed by atoms with E-state index < -0.39 is 0 Å². The van der Waals surface area contributed by atoms with Gasteiger partial charge in [0.05, 0.1) is 17.7 Å². The Labute approximate surface area is 156 Å². The summed E-state index contributed by atoms with van der Waals surface area (Å²) in [4.78, 5) is 9.67. The number of thiazole rings is 1. The zero-order chi connectivity index (χ0) is 17.3. The predicted octanol–water partition coefficient (Wildman–Crippen LogP) is 3.22. The molecule has 3 saturated heterocycles. The summed E-state index contributed by atoms with van der Waals surface area (Å²) in [5, 5.41) is 9.14. The van der Waals surface area contributed by atoms with Crippen molar-refractivity contribution in [2.45, 2.75) is 32.0 Å². The fraction of sp³-hybridized carbons (Fsp3) is 0.474. The van der Waals surface area contributed by atoms with Gasteiger partial charge in [0.15, 0.2) is 5.76 Å².